The molecule has 4 rings (SSSR count). The second kappa shape index (κ2) is 8.86. The Morgan fingerprint density at radius 1 is 1.17 bits per heavy atom. The van der Waals surface area contributed by atoms with Gasteiger partial charge in [0, 0.05) is 18.0 Å². The minimum atomic E-state index is -0.578. The third-order valence-electron chi connectivity index (χ3n) is 5.49. The van der Waals surface area contributed by atoms with E-state index in [4.69, 9.17) is 4.74 Å². The van der Waals surface area contributed by atoms with Gasteiger partial charge in [-0.05, 0) is 49.8 Å². The Hall–Kier alpha value is -2.54. The number of carbonyl (C=O) groups is 2. The Labute approximate surface area is 175 Å². The van der Waals surface area contributed by atoms with Crippen LogP contribution in [0.2, 0.25) is 0 Å². The fourth-order valence-electron chi connectivity index (χ4n) is 3.97. The summed E-state index contributed by atoms with van der Waals surface area (Å²) in [6, 6.07) is 11.6. The SMILES string of the molecule is C[C@H](NC(=O)CN1C[C@H](C(=O)N2CCCCC2)Oc2ccccc21)c1cccs1. The number of hydrogen-bond donors (Lipinski definition) is 1. The molecule has 1 saturated heterocycles. The van der Waals surface area contributed by atoms with Crippen LogP contribution in [-0.2, 0) is 9.59 Å². The Kier molecular flexibility index (Phi) is 6.04. The van der Waals surface area contributed by atoms with Crippen LogP contribution in [-0.4, -0.2) is 49.0 Å². The lowest BCUT2D eigenvalue weighted by atomic mass is 10.1. The van der Waals surface area contributed by atoms with Gasteiger partial charge in [-0.2, -0.15) is 0 Å². The number of benzene rings is 1. The average molecular weight is 414 g/mol. The predicted octanol–water partition coefficient (Wildman–Crippen LogP) is 3.21. The van der Waals surface area contributed by atoms with E-state index < -0.39 is 6.10 Å². The monoisotopic (exact) mass is 413 g/mol. The summed E-state index contributed by atoms with van der Waals surface area (Å²) in [7, 11) is 0. The van der Waals surface area contributed by atoms with Crippen LogP contribution in [0.5, 0.6) is 5.75 Å². The number of anilines is 1. The Morgan fingerprint density at radius 2 is 1.97 bits per heavy atom. The van der Waals surface area contributed by atoms with Crippen molar-refractivity contribution in [2.75, 3.05) is 31.1 Å². The molecule has 1 aromatic heterocycles. The maximum absolute atomic E-state index is 13.0. The fourth-order valence-corrected chi connectivity index (χ4v) is 4.71. The van der Waals surface area contributed by atoms with E-state index in [1.807, 2.05) is 58.5 Å². The van der Waals surface area contributed by atoms with Crippen molar-refractivity contribution in [2.24, 2.45) is 0 Å². The predicted molar refractivity (Wildman–Crippen MR) is 114 cm³/mol. The average Bonchev–Trinajstić information content (AvgIpc) is 3.29. The molecule has 1 N–H and O–H groups in total. The normalized spacial score (nSPS) is 19.8. The second-order valence-electron chi connectivity index (χ2n) is 7.65. The molecule has 0 aliphatic carbocycles. The summed E-state index contributed by atoms with van der Waals surface area (Å²) in [5.74, 6) is 0.622. The first-order valence-corrected chi connectivity index (χ1v) is 11.1. The quantitative estimate of drug-likeness (QED) is 0.818. The van der Waals surface area contributed by atoms with Crippen LogP contribution in [0.1, 0.15) is 37.1 Å². The lowest BCUT2D eigenvalue weighted by molar-refractivity contribution is -0.139. The molecular formula is C22H27N3O3S. The maximum atomic E-state index is 13.0. The number of para-hydroxylation sites is 2. The molecule has 2 aromatic rings. The number of carbonyl (C=O) groups excluding carboxylic acids is 2. The van der Waals surface area contributed by atoms with Crippen LogP contribution in [0.4, 0.5) is 5.69 Å². The molecule has 0 unspecified atom stereocenters. The maximum Gasteiger partial charge on any atom is 0.265 e. The van der Waals surface area contributed by atoms with Gasteiger partial charge in [-0.3, -0.25) is 9.59 Å². The smallest absolute Gasteiger partial charge is 0.265 e. The first-order valence-electron chi connectivity index (χ1n) is 10.2. The minimum absolute atomic E-state index is 0.0246. The number of piperidine rings is 1. The number of likely N-dealkylation sites (tertiary alicyclic amines) is 1. The van der Waals surface area contributed by atoms with Gasteiger partial charge >= 0.3 is 0 Å². The van der Waals surface area contributed by atoms with Gasteiger partial charge in [0.05, 0.1) is 24.8 Å². The van der Waals surface area contributed by atoms with Crippen molar-refractivity contribution < 1.29 is 14.3 Å². The molecule has 2 aliphatic heterocycles. The zero-order valence-electron chi connectivity index (χ0n) is 16.7. The summed E-state index contributed by atoms with van der Waals surface area (Å²) in [6.45, 7) is 4.14. The first kappa shape index (κ1) is 19.8. The number of thiophene rings is 1. The molecule has 2 aliphatic rings. The summed E-state index contributed by atoms with van der Waals surface area (Å²) < 4.78 is 6.04. The molecule has 0 spiro atoms. The molecule has 7 heteroatoms. The number of fused-ring (bicyclic) bond motifs is 1. The standard InChI is InChI=1S/C22H27N3O3S/c1-16(20-10-7-13-29-20)23-21(26)15-25-14-19(22(27)24-11-5-2-6-12-24)28-18-9-4-3-8-17(18)25/h3-4,7-10,13,16,19H,2,5-6,11-12,14-15H2,1H3,(H,23,26)/t16-,19+/m0/s1. The summed E-state index contributed by atoms with van der Waals surface area (Å²) in [5.41, 5.74) is 0.856. The van der Waals surface area contributed by atoms with Gasteiger partial charge in [0.25, 0.3) is 5.91 Å². The van der Waals surface area contributed by atoms with Gasteiger partial charge in [0.15, 0.2) is 6.10 Å². The van der Waals surface area contributed by atoms with Gasteiger partial charge in [-0.1, -0.05) is 18.2 Å². The van der Waals surface area contributed by atoms with Crippen molar-refractivity contribution in [1.82, 2.24) is 10.2 Å². The van der Waals surface area contributed by atoms with Crippen LogP contribution in [0.15, 0.2) is 41.8 Å². The Morgan fingerprint density at radius 3 is 2.72 bits per heavy atom. The van der Waals surface area contributed by atoms with E-state index in [0.717, 1.165) is 36.5 Å². The van der Waals surface area contributed by atoms with E-state index in [1.54, 1.807) is 11.3 Å². The lowest BCUT2D eigenvalue weighted by Gasteiger charge is -2.38. The van der Waals surface area contributed by atoms with Gasteiger partial charge in [-0.15, -0.1) is 11.3 Å². The molecular weight excluding hydrogens is 386 g/mol. The van der Waals surface area contributed by atoms with Crippen molar-refractivity contribution in [1.29, 1.82) is 0 Å². The van der Waals surface area contributed by atoms with E-state index >= 15 is 0 Å². The Balaban J connectivity index is 1.46. The molecule has 3 heterocycles. The molecule has 154 valence electrons. The zero-order chi connectivity index (χ0) is 20.2. The van der Waals surface area contributed by atoms with Crippen molar-refractivity contribution in [3.8, 4) is 5.75 Å². The molecule has 0 saturated carbocycles. The van der Waals surface area contributed by atoms with Crippen molar-refractivity contribution in [3.63, 3.8) is 0 Å². The summed E-state index contributed by atoms with van der Waals surface area (Å²) in [6.07, 6.45) is 2.68. The topological polar surface area (TPSA) is 61.9 Å². The molecule has 6 nitrogen and oxygen atoms in total. The van der Waals surface area contributed by atoms with E-state index in [-0.39, 0.29) is 24.4 Å². The Bertz CT molecular complexity index is 849. The number of nitrogens with one attached hydrogen (secondary N) is 1. The van der Waals surface area contributed by atoms with Gasteiger partial charge in [0.1, 0.15) is 5.75 Å². The number of amides is 2. The van der Waals surface area contributed by atoms with Crippen LogP contribution in [0, 0.1) is 0 Å². The second-order valence-corrected chi connectivity index (χ2v) is 8.62. The van der Waals surface area contributed by atoms with E-state index in [1.165, 1.54) is 6.42 Å². The van der Waals surface area contributed by atoms with E-state index in [9.17, 15) is 9.59 Å². The molecule has 2 amide bonds. The van der Waals surface area contributed by atoms with Gasteiger partial charge in [-0.25, -0.2) is 0 Å². The molecule has 0 bridgehead atoms. The van der Waals surface area contributed by atoms with Crippen LogP contribution < -0.4 is 15.0 Å². The lowest BCUT2D eigenvalue weighted by Crippen LogP contribution is -2.53. The minimum Gasteiger partial charge on any atom is -0.477 e. The van der Waals surface area contributed by atoms with Gasteiger partial charge in [0.2, 0.25) is 5.91 Å². The van der Waals surface area contributed by atoms with Crippen molar-refractivity contribution in [2.45, 2.75) is 38.3 Å². The third-order valence-corrected chi connectivity index (χ3v) is 6.54. The first-order chi connectivity index (χ1) is 14.1. The number of rotatable bonds is 5. The van der Waals surface area contributed by atoms with Crippen LogP contribution >= 0.6 is 11.3 Å². The fraction of sp³-hybridized carbons (Fsp3) is 0.455. The largest absolute Gasteiger partial charge is 0.477 e. The molecule has 0 radical (unpaired) electrons. The third kappa shape index (κ3) is 4.56. The molecule has 1 fully saturated rings. The molecule has 29 heavy (non-hydrogen) atoms. The highest BCUT2D eigenvalue weighted by molar-refractivity contribution is 7.10. The van der Waals surface area contributed by atoms with Crippen molar-refractivity contribution in [3.05, 3.63) is 46.7 Å². The highest BCUT2D eigenvalue weighted by Gasteiger charge is 2.34. The number of hydrogen-bond acceptors (Lipinski definition) is 5. The summed E-state index contributed by atoms with van der Waals surface area (Å²) in [4.78, 5) is 30.7. The zero-order valence-corrected chi connectivity index (χ0v) is 17.5. The van der Waals surface area contributed by atoms with E-state index in [0.29, 0.717) is 12.3 Å². The summed E-state index contributed by atoms with van der Waals surface area (Å²) in [5, 5.41) is 5.07. The number of nitrogens with zero attached hydrogens (tertiary/aromatic N) is 2. The molecule has 1 aromatic carbocycles. The highest BCUT2D eigenvalue weighted by atomic mass is 32.1. The van der Waals surface area contributed by atoms with Gasteiger partial charge < -0.3 is 19.9 Å². The van der Waals surface area contributed by atoms with Crippen LogP contribution in [0.3, 0.4) is 0 Å². The molecule has 2 atom stereocenters. The number of ether oxygens (including phenoxy) is 1. The highest BCUT2D eigenvalue weighted by Crippen LogP contribution is 2.33. The summed E-state index contributed by atoms with van der Waals surface area (Å²) >= 11 is 1.63. The van der Waals surface area contributed by atoms with Crippen molar-refractivity contribution >= 4 is 28.8 Å². The van der Waals surface area contributed by atoms with E-state index in [2.05, 4.69) is 5.32 Å². The van der Waals surface area contributed by atoms with Crippen LogP contribution in [0.25, 0.3) is 0 Å².